The molecule has 3 fully saturated rings. The molecule has 1 spiro atoms. The van der Waals surface area contributed by atoms with Gasteiger partial charge in [-0.25, -0.2) is 0 Å². The van der Waals surface area contributed by atoms with E-state index in [4.69, 9.17) is 4.74 Å². The molecule has 82 valence electrons. The van der Waals surface area contributed by atoms with Crippen molar-refractivity contribution >= 4 is 11.8 Å². The van der Waals surface area contributed by atoms with Gasteiger partial charge in [0.05, 0.1) is 7.11 Å². The summed E-state index contributed by atoms with van der Waals surface area (Å²) in [6.45, 7) is 2.16. The van der Waals surface area contributed by atoms with Crippen LogP contribution >= 0.6 is 0 Å². The summed E-state index contributed by atoms with van der Waals surface area (Å²) < 4.78 is 4.89. The van der Waals surface area contributed by atoms with Gasteiger partial charge in [0.2, 0.25) is 0 Å². The Morgan fingerprint density at radius 1 is 1.53 bits per heavy atom. The normalized spacial score (nSPS) is 51.2. The minimum Gasteiger partial charge on any atom is -0.468 e. The number of methoxy groups -OCH3 is 1. The highest BCUT2D eigenvalue weighted by Crippen LogP contribution is 2.78. The lowest BCUT2D eigenvalue weighted by Crippen LogP contribution is -2.41. The van der Waals surface area contributed by atoms with Gasteiger partial charge in [-0.1, -0.05) is 6.92 Å². The van der Waals surface area contributed by atoms with Crippen molar-refractivity contribution in [2.75, 3.05) is 7.11 Å². The summed E-state index contributed by atoms with van der Waals surface area (Å²) in [5.41, 5.74) is -0.747. The van der Waals surface area contributed by atoms with E-state index in [9.17, 15) is 9.59 Å². The molecule has 0 aromatic heterocycles. The van der Waals surface area contributed by atoms with Crippen LogP contribution in [0, 0.1) is 22.7 Å². The highest BCUT2D eigenvalue weighted by Gasteiger charge is 2.80. The van der Waals surface area contributed by atoms with E-state index in [-0.39, 0.29) is 17.2 Å². The summed E-state index contributed by atoms with van der Waals surface area (Å²) in [6, 6.07) is 0. The van der Waals surface area contributed by atoms with Crippen molar-refractivity contribution in [1.29, 1.82) is 0 Å². The molecule has 3 heteroatoms. The maximum atomic E-state index is 12.1. The molecule has 0 aromatic rings. The van der Waals surface area contributed by atoms with Crippen molar-refractivity contribution in [2.24, 2.45) is 22.7 Å². The number of ether oxygens (including phenoxy) is 1. The van der Waals surface area contributed by atoms with Gasteiger partial charge in [0.25, 0.3) is 0 Å². The molecule has 3 aliphatic carbocycles. The Kier molecular flexibility index (Phi) is 1.53. The van der Waals surface area contributed by atoms with Gasteiger partial charge in [-0.3, -0.25) is 9.59 Å². The molecule has 0 saturated heterocycles. The summed E-state index contributed by atoms with van der Waals surface area (Å²) in [6.07, 6.45) is 3.41. The summed E-state index contributed by atoms with van der Waals surface area (Å²) in [5.74, 6) is 0.862. The SMILES string of the molecule is COC(=O)[C@]12CC[C@H](CC1=O)C21CC1C. The monoisotopic (exact) mass is 208 g/mol. The molecule has 3 saturated carbocycles. The standard InChI is InChI=1S/C12H16O3/c1-7-6-12(7)8-3-4-11(12,9(13)5-8)10(14)15-2/h7-8H,3-6H2,1-2H3/t7?,8-,11+,12?/m1/s1. The molecular formula is C12H16O3. The molecule has 0 N–H and O–H groups in total. The topological polar surface area (TPSA) is 43.4 Å². The van der Waals surface area contributed by atoms with Crippen molar-refractivity contribution in [3.63, 3.8) is 0 Å². The second kappa shape index (κ2) is 2.45. The zero-order valence-electron chi connectivity index (χ0n) is 9.21. The molecule has 0 amide bonds. The van der Waals surface area contributed by atoms with Gasteiger partial charge < -0.3 is 4.74 Å². The number of hydrogen-bond acceptors (Lipinski definition) is 3. The molecule has 3 nitrogen and oxygen atoms in total. The molecule has 0 aromatic carbocycles. The smallest absolute Gasteiger partial charge is 0.319 e. The minimum absolute atomic E-state index is 0.00280. The van der Waals surface area contributed by atoms with Gasteiger partial charge in [-0.2, -0.15) is 0 Å². The Hall–Kier alpha value is -0.860. The predicted octanol–water partition coefficient (Wildman–Crippen LogP) is 1.55. The van der Waals surface area contributed by atoms with E-state index < -0.39 is 5.41 Å². The fraction of sp³-hybridized carbons (Fsp3) is 0.833. The van der Waals surface area contributed by atoms with Crippen LogP contribution in [0.4, 0.5) is 0 Å². The Bertz CT molecular complexity index is 362. The van der Waals surface area contributed by atoms with Crippen molar-refractivity contribution in [2.45, 2.75) is 32.6 Å². The average Bonchev–Trinajstić information content (AvgIpc) is 2.71. The third-order valence-electron chi connectivity index (χ3n) is 5.20. The van der Waals surface area contributed by atoms with Gasteiger partial charge in [0.1, 0.15) is 5.41 Å². The zero-order valence-corrected chi connectivity index (χ0v) is 9.21. The molecular weight excluding hydrogens is 192 g/mol. The van der Waals surface area contributed by atoms with E-state index >= 15 is 0 Å². The Labute approximate surface area is 89.2 Å². The molecule has 0 aliphatic heterocycles. The number of carbonyl (C=O) groups is 2. The third kappa shape index (κ3) is 0.734. The van der Waals surface area contributed by atoms with Crippen molar-refractivity contribution in [3.05, 3.63) is 0 Å². The summed E-state index contributed by atoms with van der Waals surface area (Å²) in [7, 11) is 1.40. The Morgan fingerprint density at radius 2 is 2.20 bits per heavy atom. The predicted molar refractivity (Wildman–Crippen MR) is 53.0 cm³/mol. The van der Waals surface area contributed by atoms with Gasteiger partial charge in [0.15, 0.2) is 5.78 Å². The molecule has 2 unspecified atom stereocenters. The van der Waals surface area contributed by atoms with E-state index in [0.717, 1.165) is 19.3 Å². The van der Waals surface area contributed by atoms with E-state index in [1.54, 1.807) is 0 Å². The van der Waals surface area contributed by atoms with E-state index in [2.05, 4.69) is 6.92 Å². The molecule has 2 bridgehead atoms. The van der Waals surface area contributed by atoms with Crippen LogP contribution in [-0.4, -0.2) is 18.9 Å². The fourth-order valence-corrected chi connectivity index (χ4v) is 4.50. The van der Waals surface area contributed by atoms with Crippen LogP contribution in [0.2, 0.25) is 0 Å². The van der Waals surface area contributed by atoms with Crippen LogP contribution in [0.3, 0.4) is 0 Å². The molecule has 4 atom stereocenters. The third-order valence-corrected chi connectivity index (χ3v) is 5.20. The highest BCUT2D eigenvalue weighted by molar-refractivity contribution is 6.08. The number of esters is 1. The first-order valence-electron chi connectivity index (χ1n) is 5.71. The molecule has 3 aliphatic rings. The quantitative estimate of drug-likeness (QED) is 0.485. The van der Waals surface area contributed by atoms with Gasteiger partial charge in [-0.15, -0.1) is 0 Å². The van der Waals surface area contributed by atoms with Crippen molar-refractivity contribution < 1.29 is 14.3 Å². The van der Waals surface area contributed by atoms with Crippen LogP contribution < -0.4 is 0 Å². The summed E-state index contributed by atoms with van der Waals surface area (Å²) in [4.78, 5) is 24.0. The molecule has 0 heterocycles. The van der Waals surface area contributed by atoms with Gasteiger partial charge in [-0.05, 0) is 36.5 Å². The molecule has 0 radical (unpaired) electrons. The first-order chi connectivity index (χ1) is 7.09. The van der Waals surface area contributed by atoms with Crippen molar-refractivity contribution in [3.8, 4) is 0 Å². The average molecular weight is 208 g/mol. The Morgan fingerprint density at radius 3 is 2.67 bits per heavy atom. The lowest BCUT2D eigenvalue weighted by Gasteiger charge is -2.27. The number of carbonyl (C=O) groups excluding carboxylic acids is 2. The number of Topliss-reactive ketones (excluding diaryl/α,β-unsaturated/α-hetero) is 1. The molecule has 3 rings (SSSR count). The first kappa shape index (κ1) is 9.37. The van der Waals surface area contributed by atoms with Gasteiger partial charge in [0, 0.05) is 6.42 Å². The lowest BCUT2D eigenvalue weighted by molar-refractivity contribution is -0.160. The van der Waals surface area contributed by atoms with Crippen LogP contribution in [0.15, 0.2) is 0 Å². The maximum Gasteiger partial charge on any atom is 0.319 e. The number of ketones is 1. The summed E-state index contributed by atoms with van der Waals surface area (Å²) >= 11 is 0. The fourth-order valence-electron chi connectivity index (χ4n) is 4.50. The second-order valence-corrected chi connectivity index (χ2v) is 5.41. The lowest BCUT2D eigenvalue weighted by atomic mass is 9.74. The maximum absolute atomic E-state index is 12.1. The second-order valence-electron chi connectivity index (χ2n) is 5.41. The van der Waals surface area contributed by atoms with Crippen LogP contribution in [0.25, 0.3) is 0 Å². The first-order valence-corrected chi connectivity index (χ1v) is 5.71. The number of hydrogen-bond donors (Lipinski definition) is 0. The van der Waals surface area contributed by atoms with Crippen LogP contribution in [0.1, 0.15) is 32.6 Å². The minimum atomic E-state index is -0.744. The van der Waals surface area contributed by atoms with Gasteiger partial charge >= 0.3 is 5.97 Å². The highest BCUT2D eigenvalue weighted by atomic mass is 16.5. The van der Waals surface area contributed by atoms with Crippen molar-refractivity contribution in [1.82, 2.24) is 0 Å². The zero-order chi connectivity index (χ0) is 10.8. The van der Waals surface area contributed by atoms with Crippen LogP contribution in [0.5, 0.6) is 0 Å². The largest absolute Gasteiger partial charge is 0.468 e. The van der Waals surface area contributed by atoms with E-state index in [0.29, 0.717) is 18.3 Å². The molecule has 15 heavy (non-hydrogen) atoms. The van der Waals surface area contributed by atoms with E-state index in [1.165, 1.54) is 7.11 Å². The summed E-state index contributed by atoms with van der Waals surface area (Å²) in [5, 5.41) is 0. The number of rotatable bonds is 1. The Balaban J connectivity index is 2.11. The van der Waals surface area contributed by atoms with Crippen LogP contribution in [-0.2, 0) is 14.3 Å². The van der Waals surface area contributed by atoms with E-state index in [1.807, 2.05) is 0 Å².